The topological polar surface area (TPSA) is 0 Å². The van der Waals surface area contributed by atoms with E-state index in [1.54, 1.807) is 0 Å². The average Bonchev–Trinajstić information content (AvgIpc) is 3.34. The Morgan fingerprint density at radius 3 is 1.90 bits per heavy atom. The first-order valence-electron chi connectivity index (χ1n) is 28.0. The lowest BCUT2D eigenvalue weighted by Gasteiger charge is -2.36. The van der Waals surface area contributed by atoms with E-state index in [2.05, 4.69) is 0 Å². The van der Waals surface area contributed by atoms with Crippen molar-refractivity contribution in [3.05, 3.63) is 179 Å². The minimum atomic E-state index is -1.60. The van der Waals surface area contributed by atoms with Gasteiger partial charge in [-0.05, 0) is 111 Å². The first-order chi connectivity index (χ1) is 34.4. The van der Waals surface area contributed by atoms with Crippen LogP contribution in [0.5, 0.6) is 0 Å². The fourth-order valence-corrected chi connectivity index (χ4v) is 6.73. The molecule has 1 aliphatic carbocycles. The largest absolute Gasteiger partial charge is 0.0636 e. The molecule has 1 aliphatic rings. The molecule has 0 nitrogen and oxygen atoms in total. The fraction of sp³-hybridized carbons (Fsp3) is 0.0833. The second kappa shape index (κ2) is 10.1. The Balaban J connectivity index is 1.44. The van der Waals surface area contributed by atoms with Crippen LogP contribution in [-0.4, -0.2) is 0 Å². The lowest BCUT2D eigenvalue weighted by atomic mass is 9.67. The van der Waals surface area contributed by atoms with Crippen LogP contribution in [0.2, 0.25) is 0 Å². The van der Waals surface area contributed by atoms with Gasteiger partial charge in [0.15, 0.2) is 0 Å². The van der Waals surface area contributed by atoms with Crippen molar-refractivity contribution in [1.82, 2.24) is 0 Å². The Morgan fingerprint density at radius 2 is 1.08 bits per heavy atom. The van der Waals surface area contributed by atoms with Crippen LogP contribution >= 0.6 is 0 Å². The molecule has 0 heterocycles. The predicted octanol–water partition coefficient (Wildman–Crippen LogP) is 13.0. The van der Waals surface area contributed by atoms with Crippen LogP contribution < -0.4 is 0 Å². The van der Waals surface area contributed by atoms with Crippen LogP contribution in [0.25, 0.3) is 76.5 Å². The Kier molecular flexibility index (Phi) is 2.55. The van der Waals surface area contributed by atoms with E-state index in [9.17, 15) is 13.7 Å². The molecule has 0 heteroatoms. The highest BCUT2D eigenvalue weighted by molar-refractivity contribution is 6.25. The van der Waals surface area contributed by atoms with E-state index in [1.165, 1.54) is 13.8 Å². The van der Waals surface area contributed by atoms with Crippen molar-refractivity contribution in [3.63, 3.8) is 0 Å². The zero-order valence-corrected chi connectivity index (χ0v) is 25.2. The number of hydrogen-bond acceptors (Lipinski definition) is 0. The molecule has 0 N–H and O–H groups in total. The van der Waals surface area contributed by atoms with Crippen molar-refractivity contribution in [3.8, 4) is 33.4 Å². The summed E-state index contributed by atoms with van der Waals surface area (Å²) < 4.78 is 237. The third-order valence-corrected chi connectivity index (χ3v) is 8.92. The van der Waals surface area contributed by atoms with Gasteiger partial charge in [-0.2, -0.15) is 0 Å². The van der Waals surface area contributed by atoms with E-state index in [4.69, 9.17) is 21.9 Å². The Morgan fingerprint density at radius 1 is 0.458 bits per heavy atom. The van der Waals surface area contributed by atoms with E-state index in [-0.39, 0.29) is 49.4 Å². The van der Waals surface area contributed by atoms with Crippen LogP contribution in [0.4, 0.5) is 0 Å². The van der Waals surface area contributed by atoms with Crippen LogP contribution in [0.3, 0.4) is 0 Å². The predicted molar refractivity (Wildman–Crippen MR) is 205 cm³/mol. The maximum absolute atomic E-state index is 10.0. The smallest absolute Gasteiger partial charge is 0.0622 e. The van der Waals surface area contributed by atoms with Gasteiger partial charge in [0.25, 0.3) is 0 Å². The molecule has 0 saturated heterocycles. The minimum Gasteiger partial charge on any atom is -0.0622 e. The molecule has 0 spiro atoms. The third-order valence-electron chi connectivity index (χ3n) is 8.92. The molecular formula is C48H34. The molecule has 0 unspecified atom stereocenters. The Labute approximate surface area is 317 Å². The highest BCUT2D eigenvalue weighted by Crippen LogP contribution is 2.50. The molecule has 0 amide bonds. The van der Waals surface area contributed by atoms with Crippen molar-refractivity contribution in [2.45, 2.75) is 25.7 Å². The molecule has 0 atom stereocenters. The van der Waals surface area contributed by atoms with E-state index >= 15 is 0 Å². The molecule has 10 rings (SSSR count). The second-order valence-corrected chi connectivity index (χ2v) is 12.0. The zero-order valence-electron chi connectivity index (χ0n) is 51.2. The number of hydrogen-bond donors (Lipinski definition) is 0. The Hall–Kier alpha value is -5.72. The van der Waals surface area contributed by atoms with Crippen LogP contribution in [0.1, 0.15) is 71.7 Å². The van der Waals surface area contributed by atoms with E-state index in [0.717, 1.165) is 0 Å². The maximum Gasteiger partial charge on any atom is 0.0636 e. The van der Waals surface area contributed by atoms with Gasteiger partial charge in [0, 0.05) is 5.41 Å². The summed E-state index contributed by atoms with van der Waals surface area (Å²) in [6.07, 6.45) is -0.885. The van der Waals surface area contributed by atoms with E-state index in [0.29, 0.717) is 0 Å². The number of rotatable bonds is 4. The van der Waals surface area contributed by atoms with Crippen LogP contribution in [0, 0.1) is 0 Å². The third kappa shape index (κ3) is 3.96. The summed E-state index contributed by atoms with van der Waals surface area (Å²) in [5, 5.41) is -2.79. The molecule has 0 aromatic heterocycles. The van der Waals surface area contributed by atoms with Gasteiger partial charge in [0.05, 0.1) is 35.6 Å². The molecule has 0 aliphatic heterocycles. The van der Waals surface area contributed by atoms with Crippen LogP contribution in [-0.2, 0) is 11.8 Å². The summed E-state index contributed by atoms with van der Waals surface area (Å²) in [7, 11) is 0. The monoisotopic (exact) mass is 636 g/mol. The summed E-state index contributed by atoms with van der Waals surface area (Å²) in [6, 6.07) is -20.1. The van der Waals surface area contributed by atoms with Crippen LogP contribution in [0.15, 0.2) is 157 Å². The summed E-state index contributed by atoms with van der Waals surface area (Å²) in [5.74, 6) is 0. The molecule has 0 saturated carbocycles. The van der Waals surface area contributed by atoms with Crippen molar-refractivity contribution in [2.75, 3.05) is 0 Å². The summed E-state index contributed by atoms with van der Waals surface area (Å²) in [5.41, 5.74) is -6.02. The number of benzene rings is 9. The molecule has 0 fully saturated rings. The van der Waals surface area contributed by atoms with Gasteiger partial charge < -0.3 is 0 Å². The van der Waals surface area contributed by atoms with E-state index in [1.807, 2.05) is 0 Å². The Bertz CT molecular complexity index is 4130. The van der Waals surface area contributed by atoms with Gasteiger partial charge in [-0.1, -0.05) is 165 Å². The molecule has 9 aromatic carbocycles. The average molecular weight is 637 g/mol. The normalized spacial score (nSPS) is 21.0. The SMILES string of the molecule is [2H]c1c([2H])c([2H])c(-c2c([2H])c(Cc3c([2H])c([2H])c([2H])c4c3-c3c([2H])c([2H])c([2H])c5c([2H])c([2H])c([2H])c(c35)C4(C)C)c([2H])c(-c3c([2H])c([2H])c4c([2H])c([2H])c5c([2H])c([2H])c([2H])c6c([2H])c([2H])c3c4c56)c2[2H])c([2H])c1[2H]. The summed E-state index contributed by atoms with van der Waals surface area (Å²) >= 11 is 0. The van der Waals surface area contributed by atoms with Gasteiger partial charge >= 0.3 is 0 Å². The maximum atomic E-state index is 10.0. The molecule has 226 valence electrons. The summed E-state index contributed by atoms with van der Waals surface area (Å²) in [4.78, 5) is 0. The first kappa shape index (κ1) is 12.1. The van der Waals surface area contributed by atoms with Gasteiger partial charge in [-0.15, -0.1) is 0 Å². The van der Waals surface area contributed by atoms with Crippen molar-refractivity contribution < 1.29 is 35.6 Å². The quantitative estimate of drug-likeness (QED) is 0.169. The van der Waals surface area contributed by atoms with E-state index < -0.39 is 218 Å². The second-order valence-electron chi connectivity index (χ2n) is 12.0. The highest BCUT2D eigenvalue weighted by Gasteiger charge is 2.34. The molecule has 0 bridgehead atoms. The van der Waals surface area contributed by atoms with Gasteiger partial charge in [-0.25, -0.2) is 0 Å². The van der Waals surface area contributed by atoms with Crippen molar-refractivity contribution in [1.29, 1.82) is 0 Å². The molecule has 48 heavy (non-hydrogen) atoms. The molecule has 9 aromatic rings. The zero-order chi connectivity index (χ0) is 54.6. The molecular weight excluding hydrogens is 577 g/mol. The minimum absolute atomic E-state index is 0.0215. The fourth-order valence-electron chi connectivity index (χ4n) is 6.73. The lowest BCUT2D eigenvalue weighted by molar-refractivity contribution is 0.644. The van der Waals surface area contributed by atoms with Crippen molar-refractivity contribution in [2.24, 2.45) is 0 Å². The van der Waals surface area contributed by atoms with Crippen molar-refractivity contribution >= 4 is 43.1 Å². The highest BCUT2D eigenvalue weighted by atomic mass is 14.4. The first-order valence-corrected chi connectivity index (χ1v) is 15.0. The number of fused-ring (bicyclic) bond motifs is 2. The van der Waals surface area contributed by atoms with Gasteiger partial charge in [-0.3, -0.25) is 0 Å². The van der Waals surface area contributed by atoms with Gasteiger partial charge in [0.1, 0.15) is 0 Å². The van der Waals surface area contributed by atoms with Gasteiger partial charge in [0.2, 0.25) is 0 Å². The standard InChI is InChI=1S/C48H34/c1-48(2)42-18-8-15-32-14-7-17-41(45(32)42)46-36(16-9-19-43(46)48)26-30-27-37(31-10-4-3-5-11-31)29-38(28-30)39-24-22-35-21-20-33-12-6-13-34-23-25-40(39)47(35)44(33)34/h3-25,27-29H,26H2,1-2H3/i3D,4D,5D,6D,7D,8D,9D,10D,11D,12D,13D,14D,15D,16D,17D,18D,19D,20D,21D,22D,23D,24D,25D,27D,28D,29D. The lowest BCUT2D eigenvalue weighted by Crippen LogP contribution is -2.24. The summed E-state index contributed by atoms with van der Waals surface area (Å²) in [6.45, 7) is 3.05. The molecule has 0 radical (unpaired) electrons.